The molecule has 7 atom stereocenters. The van der Waals surface area contributed by atoms with E-state index in [1.807, 2.05) is 6.08 Å². The largest absolute Gasteiger partial charge is 0.466 e. The van der Waals surface area contributed by atoms with Gasteiger partial charge in [0, 0.05) is 12.8 Å². The highest BCUT2D eigenvalue weighted by Crippen LogP contribution is 2.23. The standard InChI is InChI=1S/C58H107NO10/c1-3-5-7-9-11-13-14-15-16-17-18-19-23-26-30-34-38-42-46-54(63)67-47-43-39-35-31-27-24-21-20-22-25-29-33-37-41-45-53(62)59-50(51(61)44-40-36-32-28-12-10-8-6-4-2)49-68-58-57(66)56(65)55(64)52(48-60)69-58/h13-14,16-17,40,44,50-52,55-58,60-61,64-66H,3-12,15,18-39,41-43,45-49H2,1-2H3,(H,59,62)/b14-13-,17-16-,44-40+. The Balaban J connectivity index is 2.05. The molecule has 1 aliphatic rings. The molecule has 0 spiro atoms. The molecule has 7 unspecified atom stereocenters. The van der Waals surface area contributed by atoms with Gasteiger partial charge in [-0.1, -0.05) is 217 Å². The van der Waals surface area contributed by atoms with Gasteiger partial charge in [-0.3, -0.25) is 9.59 Å². The van der Waals surface area contributed by atoms with Gasteiger partial charge in [0.05, 0.1) is 32.0 Å². The molecular formula is C58H107NO10. The summed E-state index contributed by atoms with van der Waals surface area (Å²) in [4.78, 5) is 25.1. The number of nitrogens with one attached hydrogen (secondary N) is 1. The molecule has 6 N–H and O–H groups in total. The average Bonchev–Trinajstić information content (AvgIpc) is 3.34. The van der Waals surface area contributed by atoms with Crippen molar-refractivity contribution in [1.82, 2.24) is 5.32 Å². The summed E-state index contributed by atoms with van der Waals surface area (Å²) in [5.74, 6) is -0.226. The van der Waals surface area contributed by atoms with Gasteiger partial charge in [0.15, 0.2) is 6.29 Å². The van der Waals surface area contributed by atoms with E-state index in [2.05, 4.69) is 43.5 Å². The zero-order chi connectivity index (χ0) is 50.3. The van der Waals surface area contributed by atoms with Gasteiger partial charge >= 0.3 is 5.97 Å². The maximum atomic E-state index is 13.0. The van der Waals surface area contributed by atoms with Gasteiger partial charge in [-0.05, 0) is 64.2 Å². The first-order valence-electron chi connectivity index (χ1n) is 28.8. The van der Waals surface area contributed by atoms with E-state index >= 15 is 0 Å². The minimum Gasteiger partial charge on any atom is -0.466 e. The molecule has 11 nitrogen and oxygen atoms in total. The third-order valence-electron chi connectivity index (χ3n) is 13.5. The summed E-state index contributed by atoms with van der Waals surface area (Å²) in [5, 5.41) is 54.2. The summed E-state index contributed by atoms with van der Waals surface area (Å²) in [6.45, 7) is 4.25. The maximum Gasteiger partial charge on any atom is 0.305 e. The van der Waals surface area contributed by atoms with Crippen LogP contribution in [0.4, 0.5) is 0 Å². The number of ether oxygens (including phenoxy) is 3. The van der Waals surface area contributed by atoms with Gasteiger partial charge < -0.3 is 45.1 Å². The van der Waals surface area contributed by atoms with Gasteiger partial charge in [-0.15, -0.1) is 0 Å². The predicted octanol–water partition coefficient (Wildman–Crippen LogP) is 12.7. The number of amides is 1. The number of carbonyl (C=O) groups is 2. The molecule has 1 amide bonds. The first-order valence-corrected chi connectivity index (χ1v) is 28.8. The van der Waals surface area contributed by atoms with E-state index in [0.717, 1.165) is 77.0 Å². The first-order chi connectivity index (χ1) is 33.7. The molecule has 0 saturated carbocycles. The molecule has 1 saturated heterocycles. The number of aliphatic hydroxyl groups excluding tert-OH is 5. The minimum absolute atomic E-state index is 0.0306. The van der Waals surface area contributed by atoms with E-state index in [0.29, 0.717) is 19.4 Å². The lowest BCUT2D eigenvalue weighted by Gasteiger charge is -2.40. The van der Waals surface area contributed by atoms with Gasteiger partial charge in [0.25, 0.3) is 0 Å². The van der Waals surface area contributed by atoms with Crippen LogP contribution in [0.2, 0.25) is 0 Å². The number of aliphatic hydroxyl groups is 5. The quantitative estimate of drug-likeness (QED) is 0.0196. The van der Waals surface area contributed by atoms with Crippen LogP contribution in [0, 0.1) is 0 Å². The highest BCUT2D eigenvalue weighted by molar-refractivity contribution is 5.76. The molecule has 1 rings (SSSR count). The number of allylic oxidation sites excluding steroid dienone is 5. The third-order valence-corrected chi connectivity index (χ3v) is 13.5. The normalized spacial score (nSPS) is 19.6. The van der Waals surface area contributed by atoms with Crippen LogP contribution in [-0.2, 0) is 23.8 Å². The lowest BCUT2D eigenvalue weighted by Crippen LogP contribution is -2.60. The van der Waals surface area contributed by atoms with E-state index in [4.69, 9.17) is 14.2 Å². The van der Waals surface area contributed by atoms with Crippen molar-refractivity contribution in [3.8, 4) is 0 Å². The summed E-state index contributed by atoms with van der Waals surface area (Å²) in [6, 6.07) is -0.817. The van der Waals surface area contributed by atoms with Crippen LogP contribution >= 0.6 is 0 Å². The van der Waals surface area contributed by atoms with Crippen LogP contribution in [0.1, 0.15) is 258 Å². The monoisotopic (exact) mass is 978 g/mol. The zero-order valence-electron chi connectivity index (χ0n) is 44.3. The molecule has 1 heterocycles. The fraction of sp³-hybridized carbons (Fsp3) is 0.862. The number of hydrogen-bond acceptors (Lipinski definition) is 10. The van der Waals surface area contributed by atoms with Crippen LogP contribution in [0.5, 0.6) is 0 Å². The molecule has 0 radical (unpaired) electrons. The topological polar surface area (TPSA) is 175 Å². The number of hydrogen-bond donors (Lipinski definition) is 6. The summed E-state index contributed by atoms with van der Waals surface area (Å²) < 4.78 is 16.7. The lowest BCUT2D eigenvalue weighted by molar-refractivity contribution is -0.302. The van der Waals surface area contributed by atoms with Crippen LogP contribution in [0.3, 0.4) is 0 Å². The van der Waals surface area contributed by atoms with Gasteiger partial charge in [0.1, 0.15) is 24.4 Å². The third kappa shape index (κ3) is 38.2. The molecule has 0 bridgehead atoms. The Labute approximate surface area is 422 Å². The highest BCUT2D eigenvalue weighted by atomic mass is 16.7. The summed E-state index contributed by atoms with van der Waals surface area (Å²) in [7, 11) is 0. The maximum absolute atomic E-state index is 13.0. The Hall–Kier alpha value is -2.12. The Bertz CT molecular complexity index is 1240. The van der Waals surface area contributed by atoms with Crippen molar-refractivity contribution in [2.24, 2.45) is 0 Å². The molecule has 404 valence electrons. The van der Waals surface area contributed by atoms with Crippen LogP contribution in [0.15, 0.2) is 36.5 Å². The summed E-state index contributed by atoms with van der Waals surface area (Å²) in [6.07, 6.45) is 48.0. The molecule has 0 aromatic carbocycles. The van der Waals surface area contributed by atoms with Crippen molar-refractivity contribution in [3.05, 3.63) is 36.5 Å². The van der Waals surface area contributed by atoms with Gasteiger partial charge in [-0.2, -0.15) is 0 Å². The van der Waals surface area contributed by atoms with E-state index in [1.54, 1.807) is 6.08 Å². The van der Waals surface area contributed by atoms with Crippen molar-refractivity contribution < 1.29 is 49.3 Å². The molecule has 11 heteroatoms. The second kappa shape index (κ2) is 48.2. The Morgan fingerprint density at radius 2 is 0.971 bits per heavy atom. The Morgan fingerprint density at radius 1 is 0.536 bits per heavy atom. The van der Waals surface area contributed by atoms with E-state index in [-0.39, 0.29) is 18.5 Å². The van der Waals surface area contributed by atoms with Crippen LogP contribution < -0.4 is 5.32 Å². The van der Waals surface area contributed by atoms with Crippen LogP contribution in [0.25, 0.3) is 0 Å². The molecule has 1 fully saturated rings. The van der Waals surface area contributed by atoms with Crippen molar-refractivity contribution in [2.75, 3.05) is 19.8 Å². The van der Waals surface area contributed by atoms with E-state index in [9.17, 15) is 35.1 Å². The molecule has 0 aliphatic carbocycles. The fourth-order valence-corrected chi connectivity index (χ4v) is 8.88. The molecule has 1 aliphatic heterocycles. The fourth-order valence-electron chi connectivity index (χ4n) is 8.88. The number of unbranched alkanes of at least 4 members (excludes halogenated alkanes) is 31. The first kappa shape index (κ1) is 64.9. The molecule has 69 heavy (non-hydrogen) atoms. The molecule has 0 aromatic heterocycles. The number of esters is 1. The van der Waals surface area contributed by atoms with Crippen LogP contribution in [-0.4, -0.2) is 100 Å². The number of rotatable bonds is 49. The summed E-state index contributed by atoms with van der Waals surface area (Å²) >= 11 is 0. The van der Waals surface area contributed by atoms with Gasteiger partial charge in [-0.25, -0.2) is 0 Å². The Kier molecular flexibility index (Phi) is 45.3. The smallest absolute Gasteiger partial charge is 0.305 e. The second-order valence-corrected chi connectivity index (χ2v) is 20.0. The highest BCUT2D eigenvalue weighted by Gasteiger charge is 2.44. The summed E-state index contributed by atoms with van der Waals surface area (Å²) in [5.41, 5.74) is 0. The Morgan fingerprint density at radius 3 is 1.48 bits per heavy atom. The SMILES string of the molecule is CCCCCC/C=C\C/C=C\CCCCCCCCCC(=O)OCCCCCCCCCCCCCCCCC(=O)NC(COC1OC(CO)C(O)C(O)C1O)C(O)/C=C/CCCCCCCCC. The molecule has 0 aromatic rings. The van der Waals surface area contributed by atoms with E-state index in [1.165, 1.54) is 154 Å². The van der Waals surface area contributed by atoms with Gasteiger partial charge in [0.2, 0.25) is 5.91 Å². The zero-order valence-corrected chi connectivity index (χ0v) is 44.3. The van der Waals surface area contributed by atoms with Crippen molar-refractivity contribution in [3.63, 3.8) is 0 Å². The lowest BCUT2D eigenvalue weighted by atomic mass is 9.99. The van der Waals surface area contributed by atoms with E-state index < -0.39 is 49.5 Å². The number of carbonyl (C=O) groups excluding carboxylic acids is 2. The van der Waals surface area contributed by atoms with Crippen molar-refractivity contribution in [1.29, 1.82) is 0 Å². The van der Waals surface area contributed by atoms with Crippen molar-refractivity contribution >= 4 is 11.9 Å². The average molecular weight is 978 g/mol. The van der Waals surface area contributed by atoms with Crippen molar-refractivity contribution in [2.45, 2.75) is 301 Å². The predicted molar refractivity (Wildman–Crippen MR) is 283 cm³/mol. The minimum atomic E-state index is -1.57. The molecular weight excluding hydrogens is 871 g/mol. The second-order valence-electron chi connectivity index (χ2n) is 20.0.